The lowest BCUT2D eigenvalue weighted by atomic mass is 10.2. The SMILES string of the molecule is CC/C=C/C(=O)NCCCNC(=O)CNC(=O)OC(C)(C)C. The number of nitrogens with one attached hydrogen (secondary N) is 3. The van der Waals surface area contributed by atoms with E-state index < -0.39 is 11.7 Å². The molecule has 0 atom stereocenters. The molecule has 0 aromatic carbocycles. The number of hydrogen-bond acceptors (Lipinski definition) is 4. The van der Waals surface area contributed by atoms with Gasteiger partial charge in [-0.3, -0.25) is 9.59 Å². The molecule has 0 radical (unpaired) electrons. The number of carbonyl (C=O) groups is 3. The number of carbonyl (C=O) groups excluding carboxylic acids is 3. The lowest BCUT2D eigenvalue weighted by Crippen LogP contribution is -2.40. The molecule has 0 heterocycles. The van der Waals surface area contributed by atoms with Crippen molar-refractivity contribution in [3.63, 3.8) is 0 Å². The highest BCUT2D eigenvalue weighted by Crippen LogP contribution is 2.05. The molecule has 3 amide bonds. The average molecular weight is 313 g/mol. The minimum absolute atomic E-state index is 0.138. The standard InChI is InChI=1S/C15H27N3O4/c1-5-6-8-12(19)16-9-7-10-17-13(20)11-18-14(21)22-15(2,3)4/h6,8H,5,7,9-11H2,1-4H3,(H,16,19)(H,17,20)(H,18,21)/b8-6+. The fraction of sp³-hybridized carbons (Fsp3) is 0.667. The third kappa shape index (κ3) is 13.0. The fourth-order valence-electron chi connectivity index (χ4n) is 1.34. The van der Waals surface area contributed by atoms with Gasteiger partial charge in [0, 0.05) is 13.1 Å². The maximum Gasteiger partial charge on any atom is 0.408 e. The Morgan fingerprint density at radius 1 is 1.05 bits per heavy atom. The first kappa shape index (κ1) is 19.9. The Morgan fingerprint density at radius 3 is 2.27 bits per heavy atom. The second kappa shape index (κ2) is 10.6. The zero-order valence-electron chi connectivity index (χ0n) is 13.8. The van der Waals surface area contributed by atoms with Crippen molar-refractivity contribution in [3.8, 4) is 0 Å². The number of hydrogen-bond donors (Lipinski definition) is 3. The lowest BCUT2D eigenvalue weighted by Gasteiger charge is -2.19. The molecule has 0 bridgehead atoms. The van der Waals surface area contributed by atoms with Crippen molar-refractivity contribution in [3.05, 3.63) is 12.2 Å². The summed E-state index contributed by atoms with van der Waals surface area (Å²) in [6.07, 6.45) is 4.07. The summed E-state index contributed by atoms with van der Waals surface area (Å²) in [4.78, 5) is 34.0. The van der Waals surface area contributed by atoms with E-state index in [-0.39, 0.29) is 18.4 Å². The van der Waals surface area contributed by atoms with E-state index in [0.29, 0.717) is 19.5 Å². The molecule has 7 heteroatoms. The topological polar surface area (TPSA) is 96.5 Å². The monoisotopic (exact) mass is 313 g/mol. The molecule has 0 aliphatic carbocycles. The highest BCUT2D eigenvalue weighted by atomic mass is 16.6. The first-order chi connectivity index (χ1) is 10.2. The molecule has 0 unspecified atom stereocenters. The lowest BCUT2D eigenvalue weighted by molar-refractivity contribution is -0.120. The van der Waals surface area contributed by atoms with Crippen LogP contribution in [0.2, 0.25) is 0 Å². The van der Waals surface area contributed by atoms with Crippen LogP contribution in [0.3, 0.4) is 0 Å². The molecule has 0 fully saturated rings. The highest BCUT2D eigenvalue weighted by molar-refractivity contribution is 5.87. The summed E-state index contributed by atoms with van der Waals surface area (Å²) in [6.45, 7) is 7.95. The Morgan fingerprint density at radius 2 is 1.68 bits per heavy atom. The van der Waals surface area contributed by atoms with Crippen molar-refractivity contribution in [2.45, 2.75) is 46.1 Å². The molecule has 126 valence electrons. The normalized spacial score (nSPS) is 11.1. The van der Waals surface area contributed by atoms with E-state index in [1.165, 1.54) is 6.08 Å². The van der Waals surface area contributed by atoms with Crippen LogP contribution in [0.15, 0.2) is 12.2 Å². The van der Waals surface area contributed by atoms with Gasteiger partial charge in [-0.1, -0.05) is 13.0 Å². The van der Waals surface area contributed by atoms with Crippen LogP contribution in [-0.2, 0) is 14.3 Å². The molecular formula is C15H27N3O4. The molecule has 0 rings (SSSR count). The number of rotatable bonds is 8. The summed E-state index contributed by atoms with van der Waals surface area (Å²) in [5.41, 5.74) is -0.592. The minimum atomic E-state index is -0.627. The minimum Gasteiger partial charge on any atom is -0.444 e. The van der Waals surface area contributed by atoms with Crippen LogP contribution >= 0.6 is 0 Å². The van der Waals surface area contributed by atoms with Gasteiger partial charge in [-0.25, -0.2) is 4.79 Å². The van der Waals surface area contributed by atoms with Crippen molar-refractivity contribution in [1.29, 1.82) is 0 Å². The first-order valence-corrected chi connectivity index (χ1v) is 7.42. The van der Waals surface area contributed by atoms with Gasteiger partial charge in [0.05, 0.1) is 6.54 Å². The second-order valence-electron chi connectivity index (χ2n) is 5.66. The van der Waals surface area contributed by atoms with Crippen LogP contribution in [0.25, 0.3) is 0 Å². The molecule has 22 heavy (non-hydrogen) atoms. The summed E-state index contributed by atoms with van der Waals surface area (Å²) >= 11 is 0. The Kier molecular flexibility index (Phi) is 9.65. The maximum absolute atomic E-state index is 11.5. The van der Waals surface area contributed by atoms with E-state index in [4.69, 9.17) is 4.74 Å². The van der Waals surface area contributed by atoms with Gasteiger partial charge >= 0.3 is 6.09 Å². The Balaban J connectivity index is 3.64. The summed E-state index contributed by atoms with van der Waals surface area (Å²) < 4.78 is 5.01. The van der Waals surface area contributed by atoms with Crippen molar-refractivity contribution >= 4 is 17.9 Å². The van der Waals surface area contributed by atoms with Gasteiger partial charge < -0.3 is 20.7 Å². The van der Waals surface area contributed by atoms with Crippen LogP contribution in [-0.4, -0.2) is 43.1 Å². The summed E-state index contributed by atoms with van der Waals surface area (Å²) in [7, 11) is 0. The fourth-order valence-corrected chi connectivity index (χ4v) is 1.34. The van der Waals surface area contributed by atoms with Crippen molar-refractivity contribution in [1.82, 2.24) is 16.0 Å². The number of allylic oxidation sites excluding steroid dienone is 1. The zero-order valence-corrected chi connectivity index (χ0v) is 13.8. The molecule has 0 spiro atoms. The van der Waals surface area contributed by atoms with Gasteiger partial charge in [0.1, 0.15) is 5.60 Å². The van der Waals surface area contributed by atoms with Gasteiger partial charge in [0.2, 0.25) is 11.8 Å². The number of amides is 3. The van der Waals surface area contributed by atoms with E-state index in [9.17, 15) is 14.4 Å². The Bertz CT molecular complexity index is 400. The maximum atomic E-state index is 11.5. The molecule has 0 aliphatic rings. The van der Waals surface area contributed by atoms with Gasteiger partial charge in [0.25, 0.3) is 0 Å². The van der Waals surface area contributed by atoms with Crippen molar-refractivity contribution in [2.75, 3.05) is 19.6 Å². The molecule has 0 aromatic rings. The van der Waals surface area contributed by atoms with Crippen LogP contribution in [0.5, 0.6) is 0 Å². The van der Waals surface area contributed by atoms with Gasteiger partial charge in [-0.05, 0) is 39.7 Å². The predicted octanol–water partition coefficient (Wildman–Crippen LogP) is 1.10. The van der Waals surface area contributed by atoms with Gasteiger partial charge in [0.15, 0.2) is 0 Å². The van der Waals surface area contributed by atoms with Gasteiger partial charge in [-0.2, -0.15) is 0 Å². The second-order valence-corrected chi connectivity index (χ2v) is 5.66. The van der Waals surface area contributed by atoms with E-state index in [1.54, 1.807) is 26.8 Å². The third-order valence-corrected chi connectivity index (χ3v) is 2.27. The molecular weight excluding hydrogens is 286 g/mol. The largest absolute Gasteiger partial charge is 0.444 e. The average Bonchev–Trinajstić information content (AvgIpc) is 2.40. The summed E-state index contributed by atoms with van der Waals surface area (Å²) in [5, 5.41) is 7.71. The van der Waals surface area contributed by atoms with Crippen molar-refractivity contribution < 1.29 is 19.1 Å². The van der Waals surface area contributed by atoms with E-state index in [2.05, 4.69) is 16.0 Å². The predicted molar refractivity (Wildman–Crippen MR) is 84.3 cm³/mol. The van der Waals surface area contributed by atoms with Crippen LogP contribution < -0.4 is 16.0 Å². The van der Waals surface area contributed by atoms with Crippen LogP contribution in [0.4, 0.5) is 4.79 Å². The Hall–Kier alpha value is -2.05. The quantitative estimate of drug-likeness (QED) is 0.462. The molecule has 0 aliphatic heterocycles. The first-order valence-electron chi connectivity index (χ1n) is 7.42. The van der Waals surface area contributed by atoms with Gasteiger partial charge in [-0.15, -0.1) is 0 Å². The van der Waals surface area contributed by atoms with Crippen molar-refractivity contribution in [2.24, 2.45) is 0 Å². The molecule has 7 nitrogen and oxygen atoms in total. The number of ether oxygens (including phenoxy) is 1. The Labute approximate surface area is 131 Å². The smallest absolute Gasteiger partial charge is 0.408 e. The highest BCUT2D eigenvalue weighted by Gasteiger charge is 2.16. The summed E-state index contributed by atoms with van der Waals surface area (Å²) in [5.74, 6) is -0.442. The molecule has 0 saturated carbocycles. The number of alkyl carbamates (subject to hydrolysis) is 1. The molecule has 0 saturated heterocycles. The summed E-state index contributed by atoms with van der Waals surface area (Å²) in [6, 6.07) is 0. The zero-order chi connectivity index (χ0) is 17.0. The molecule has 0 aromatic heterocycles. The van der Waals surface area contributed by atoms with E-state index >= 15 is 0 Å². The van der Waals surface area contributed by atoms with E-state index in [1.807, 2.05) is 6.92 Å². The van der Waals surface area contributed by atoms with Crippen LogP contribution in [0, 0.1) is 0 Å². The third-order valence-electron chi connectivity index (χ3n) is 2.27. The molecule has 3 N–H and O–H groups in total. The van der Waals surface area contributed by atoms with E-state index in [0.717, 1.165) is 6.42 Å². The van der Waals surface area contributed by atoms with Crippen LogP contribution in [0.1, 0.15) is 40.5 Å².